The second-order valence-corrected chi connectivity index (χ2v) is 9.78. The van der Waals surface area contributed by atoms with Gasteiger partial charge in [0.25, 0.3) is 0 Å². The zero-order valence-electron chi connectivity index (χ0n) is 18.4. The normalized spacial score (nSPS) is 16.6. The van der Waals surface area contributed by atoms with Crippen LogP contribution in [0, 0.1) is 0 Å². The van der Waals surface area contributed by atoms with Crippen LogP contribution in [-0.2, 0) is 14.8 Å². The molecule has 1 heterocycles. The van der Waals surface area contributed by atoms with Crippen molar-refractivity contribution in [1.29, 1.82) is 0 Å². The van der Waals surface area contributed by atoms with E-state index in [2.05, 4.69) is 19.2 Å². The van der Waals surface area contributed by atoms with Crippen molar-refractivity contribution in [3.05, 3.63) is 54.1 Å². The van der Waals surface area contributed by atoms with E-state index < -0.39 is 10.0 Å². The van der Waals surface area contributed by atoms with E-state index in [1.54, 1.807) is 31.4 Å². The number of ether oxygens (including phenoxy) is 1. The molecule has 1 fully saturated rings. The first-order chi connectivity index (χ1) is 14.8. The van der Waals surface area contributed by atoms with E-state index in [1.807, 2.05) is 29.2 Å². The molecule has 2 aromatic carbocycles. The molecule has 1 aliphatic heterocycles. The van der Waals surface area contributed by atoms with Crippen LogP contribution in [0.4, 0.5) is 5.69 Å². The average Bonchev–Trinajstić information content (AvgIpc) is 2.79. The molecule has 1 saturated heterocycles. The number of amides is 1. The fraction of sp³-hybridized carbons (Fsp3) is 0.435. The Morgan fingerprint density at radius 3 is 2.39 bits per heavy atom. The van der Waals surface area contributed by atoms with E-state index in [0.29, 0.717) is 48.4 Å². The monoisotopic (exact) mass is 445 g/mol. The van der Waals surface area contributed by atoms with Crippen molar-refractivity contribution in [1.82, 2.24) is 9.21 Å². The van der Waals surface area contributed by atoms with Gasteiger partial charge in [0.1, 0.15) is 5.75 Å². The predicted molar refractivity (Wildman–Crippen MR) is 122 cm³/mol. The zero-order chi connectivity index (χ0) is 22.4. The van der Waals surface area contributed by atoms with Crippen LogP contribution in [0.25, 0.3) is 0 Å². The van der Waals surface area contributed by atoms with Gasteiger partial charge in [0.05, 0.1) is 18.6 Å². The summed E-state index contributed by atoms with van der Waals surface area (Å²) in [5.74, 6) is 0.947. The Bertz CT molecular complexity index is 984. The number of nitrogens with one attached hydrogen (secondary N) is 1. The Balaban J connectivity index is 1.54. The van der Waals surface area contributed by atoms with Crippen molar-refractivity contribution in [2.75, 3.05) is 45.2 Å². The van der Waals surface area contributed by atoms with Crippen LogP contribution in [-0.4, -0.2) is 63.4 Å². The van der Waals surface area contributed by atoms with E-state index in [9.17, 15) is 13.2 Å². The Morgan fingerprint density at radius 1 is 1.10 bits per heavy atom. The van der Waals surface area contributed by atoms with E-state index in [-0.39, 0.29) is 12.5 Å². The third-order valence-electron chi connectivity index (χ3n) is 5.75. The lowest BCUT2D eigenvalue weighted by molar-refractivity contribution is -0.117. The summed E-state index contributed by atoms with van der Waals surface area (Å²) in [5, 5.41) is 2.86. The molecule has 1 aliphatic rings. The molecule has 3 rings (SSSR count). The van der Waals surface area contributed by atoms with Gasteiger partial charge < -0.3 is 10.1 Å². The molecular weight excluding hydrogens is 414 g/mol. The van der Waals surface area contributed by atoms with Crippen molar-refractivity contribution in [3.63, 3.8) is 0 Å². The number of sulfonamides is 1. The van der Waals surface area contributed by atoms with Crippen LogP contribution in [0.3, 0.4) is 0 Å². The molecule has 2 aromatic rings. The first kappa shape index (κ1) is 23.2. The Morgan fingerprint density at radius 2 is 1.77 bits per heavy atom. The van der Waals surface area contributed by atoms with Crippen molar-refractivity contribution < 1.29 is 17.9 Å². The maximum atomic E-state index is 13.0. The number of carbonyl (C=O) groups is 1. The van der Waals surface area contributed by atoms with Gasteiger partial charge in [-0.25, -0.2) is 8.42 Å². The van der Waals surface area contributed by atoms with E-state index >= 15 is 0 Å². The minimum Gasteiger partial charge on any atom is -0.497 e. The van der Waals surface area contributed by atoms with Crippen LogP contribution in [0.1, 0.15) is 31.7 Å². The molecule has 7 nitrogen and oxygen atoms in total. The lowest BCUT2D eigenvalue weighted by Gasteiger charge is -2.33. The Labute approximate surface area is 185 Å². The number of nitrogens with zero attached hydrogens (tertiary/aromatic N) is 2. The number of hydrogen-bond acceptors (Lipinski definition) is 5. The molecular formula is C23H31N3O4S. The summed E-state index contributed by atoms with van der Waals surface area (Å²) in [5.41, 5.74) is 1.82. The third kappa shape index (κ3) is 5.84. The van der Waals surface area contributed by atoms with Gasteiger partial charge in [-0.3, -0.25) is 9.69 Å². The van der Waals surface area contributed by atoms with Gasteiger partial charge >= 0.3 is 0 Å². The van der Waals surface area contributed by atoms with Gasteiger partial charge in [0, 0.05) is 37.9 Å². The maximum absolute atomic E-state index is 13.0. The molecule has 0 aromatic heterocycles. The second kappa shape index (κ2) is 10.3. The lowest BCUT2D eigenvalue weighted by Crippen LogP contribution is -2.50. The van der Waals surface area contributed by atoms with Crippen molar-refractivity contribution in [2.45, 2.75) is 31.1 Å². The lowest BCUT2D eigenvalue weighted by atomic mass is 9.99. The van der Waals surface area contributed by atoms with Crippen LogP contribution >= 0.6 is 0 Å². The van der Waals surface area contributed by atoms with Gasteiger partial charge in [0.15, 0.2) is 0 Å². The number of piperazine rings is 1. The summed E-state index contributed by atoms with van der Waals surface area (Å²) in [4.78, 5) is 14.7. The first-order valence-corrected chi connectivity index (χ1v) is 12.0. The Kier molecular flexibility index (Phi) is 7.69. The molecule has 0 radical (unpaired) electrons. The molecule has 1 atom stereocenters. The molecule has 1 amide bonds. The summed E-state index contributed by atoms with van der Waals surface area (Å²) in [7, 11) is -1.95. The number of carbonyl (C=O) groups excluding carboxylic acids is 1. The standard InChI is InChI=1S/C23H31N3O4S/c1-4-18(2)19-8-10-22(11-9-19)31(28,29)26-14-12-25(13-15-26)17-23(27)24-20-6-5-7-21(16-20)30-3/h5-11,16,18H,4,12-15,17H2,1-3H3,(H,24,27)/t18-/m1/s1. The van der Waals surface area contributed by atoms with Gasteiger partial charge in [-0.2, -0.15) is 4.31 Å². The van der Waals surface area contributed by atoms with E-state index in [1.165, 1.54) is 4.31 Å². The Hall–Kier alpha value is -2.42. The highest BCUT2D eigenvalue weighted by atomic mass is 32.2. The molecule has 168 valence electrons. The number of hydrogen-bond donors (Lipinski definition) is 1. The minimum atomic E-state index is -3.53. The SMILES string of the molecule is CC[C@@H](C)c1ccc(S(=O)(=O)N2CCN(CC(=O)Nc3cccc(OC)c3)CC2)cc1. The minimum absolute atomic E-state index is 0.134. The highest BCUT2D eigenvalue weighted by Crippen LogP contribution is 2.23. The molecule has 0 aliphatic carbocycles. The molecule has 0 spiro atoms. The topological polar surface area (TPSA) is 79.0 Å². The van der Waals surface area contributed by atoms with Crippen LogP contribution in [0.5, 0.6) is 5.75 Å². The van der Waals surface area contributed by atoms with Crippen LogP contribution in [0.2, 0.25) is 0 Å². The fourth-order valence-electron chi connectivity index (χ4n) is 3.59. The van der Waals surface area contributed by atoms with Crippen molar-refractivity contribution in [2.24, 2.45) is 0 Å². The molecule has 0 unspecified atom stereocenters. The number of rotatable bonds is 8. The molecule has 8 heteroatoms. The number of methoxy groups -OCH3 is 1. The summed E-state index contributed by atoms with van der Waals surface area (Å²) < 4.78 is 32.6. The summed E-state index contributed by atoms with van der Waals surface area (Å²) in [6.45, 7) is 6.21. The zero-order valence-corrected chi connectivity index (χ0v) is 19.2. The largest absolute Gasteiger partial charge is 0.497 e. The smallest absolute Gasteiger partial charge is 0.243 e. The molecule has 0 saturated carbocycles. The van der Waals surface area contributed by atoms with Crippen LogP contribution < -0.4 is 10.1 Å². The highest BCUT2D eigenvalue weighted by molar-refractivity contribution is 7.89. The van der Waals surface area contributed by atoms with Gasteiger partial charge in [-0.1, -0.05) is 32.0 Å². The van der Waals surface area contributed by atoms with E-state index in [0.717, 1.165) is 12.0 Å². The molecule has 1 N–H and O–H groups in total. The summed E-state index contributed by atoms with van der Waals surface area (Å²) >= 11 is 0. The molecule has 0 bridgehead atoms. The average molecular weight is 446 g/mol. The third-order valence-corrected chi connectivity index (χ3v) is 7.66. The molecule has 31 heavy (non-hydrogen) atoms. The van der Waals surface area contributed by atoms with Gasteiger partial charge in [-0.15, -0.1) is 0 Å². The van der Waals surface area contributed by atoms with E-state index in [4.69, 9.17) is 4.74 Å². The van der Waals surface area contributed by atoms with Crippen LogP contribution in [0.15, 0.2) is 53.4 Å². The summed E-state index contributed by atoms with van der Waals surface area (Å²) in [6, 6.07) is 14.4. The predicted octanol–water partition coefficient (Wildman–Crippen LogP) is 3.15. The number of benzene rings is 2. The maximum Gasteiger partial charge on any atom is 0.243 e. The quantitative estimate of drug-likeness (QED) is 0.675. The van der Waals surface area contributed by atoms with Gasteiger partial charge in [0.2, 0.25) is 15.9 Å². The summed E-state index contributed by atoms with van der Waals surface area (Å²) in [6.07, 6.45) is 1.01. The van der Waals surface area contributed by atoms with Crippen molar-refractivity contribution >= 4 is 21.6 Å². The van der Waals surface area contributed by atoms with Crippen molar-refractivity contribution in [3.8, 4) is 5.75 Å². The second-order valence-electron chi connectivity index (χ2n) is 7.84. The highest BCUT2D eigenvalue weighted by Gasteiger charge is 2.29. The van der Waals surface area contributed by atoms with Gasteiger partial charge in [-0.05, 0) is 42.2 Å². The number of anilines is 1. The fourth-order valence-corrected chi connectivity index (χ4v) is 5.01. The first-order valence-electron chi connectivity index (χ1n) is 10.6.